The molecule has 2 aromatic heterocycles. The second-order valence-corrected chi connectivity index (χ2v) is 8.58. The van der Waals surface area contributed by atoms with Gasteiger partial charge in [-0.2, -0.15) is 0 Å². The predicted octanol–water partition coefficient (Wildman–Crippen LogP) is 4.61. The summed E-state index contributed by atoms with van der Waals surface area (Å²) in [6.07, 6.45) is 3.66. The Bertz CT molecular complexity index is 1030. The summed E-state index contributed by atoms with van der Waals surface area (Å²) < 4.78 is 0. The molecule has 1 fully saturated rings. The van der Waals surface area contributed by atoms with E-state index in [9.17, 15) is 4.79 Å². The van der Waals surface area contributed by atoms with Crippen LogP contribution in [-0.2, 0) is 0 Å². The summed E-state index contributed by atoms with van der Waals surface area (Å²) in [5, 5.41) is 0.680. The number of benzene rings is 1. The number of halogens is 1. The van der Waals surface area contributed by atoms with Crippen molar-refractivity contribution in [3.8, 4) is 11.1 Å². The molecule has 150 valence electrons. The molecule has 3 aromatic rings. The highest BCUT2D eigenvalue weighted by atomic mass is 35.5. The van der Waals surface area contributed by atoms with Crippen molar-refractivity contribution >= 4 is 34.8 Å². The fourth-order valence-electron chi connectivity index (χ4n) is 3.64. The maximum absolute atomic E-state index is 13.2. The second-order valence-electron chi connectivity index (χ2n) is 7.29. The third-order valence-electron chi connectivity index (χ3n) is 5.13. The Kier molecular flexibility index (Phi) is 5.52. The van der Waals surface area contributed by atoms with Gasteiger partial charge in [-0.1, -0.05) is 23.7 Å². The third kappa shape index (κ3) is 3.84. The molecule has 0 spiro atoms. The molecule has 0 unspecified atom stereocenters. The third-order valence-corrected chi connectivity index (χ3v) is 6.30. The first-order valence-electron chi connectivity index (χ1n) is 9.47. The van der Waals surface area contributed by atoms with Crippen LogP contribution in [0.4, 0.5) is 5.95 Å². The number of hydrogen-bond donors (Lipinski definition) is 0. The zero-order valence-electron chi connectivity index (χ0n) is 16.6. The van der Waals surface area contributed by atoms with Gasteiger partial charge < -0.3 is 9.80 Å². The smallest absolute Gasteiger partial charge is 0.266 e. The van der Waals surface area contributed by atoms with E-state index in [0.29, 0.717) is 22.4 Å². The van der Waals surface area contributed by atoms with Crippen molar-refractivity contribution < 1.29 is 4.79 Å². The summed E-state index contributed by atoms with van der Waals surface area (Å²) in [5.41, 5.74) is 5.29. The Balaban J connectivity index is 1.79. The van der Waals surface area contributed by atoms with Crippen LogP contribution in [0.25, 0.3) is 11.1 Å². The number of aryl methyl sites for hydroxylation is 1. The molecule has 1 atom stereocenters. The molecule has 1 aliphatic rings. The Morgan fingerprint density at radius 2 is 2.00 bits per heavy atom. The van der Waals surface area contributed by atoms with Crippen molar-refractivity contribution in [3.63, 3.8) is 0 Å². The highest BCUT2D eigenvalue weighted by Gasteiger charge is 2.35. The average molecular weight is 428 g/mol. The van der Waals surface area contributed by atoms with E-state index in [1.54, 1.807) is 5.51 Å². The van der Waals surface area contributed by atoms with Gasteiger partial charge in [0.05, 0.1) is 22.9 Å². The highest BCUT2D eigenvalue weighted by Crippen LogP contribution is 2.38. The molecule has 0 saturated carbocycles. The molecule has 0 N–H and O–H groups in total. The van der Waals surface area contributed by atoms with Crippen molar-refractivity contribution in [3.05, 3.63) is 57.3 Å². The molecule has 1 saturated heterocycles. The highest BCUT2D eigenvalue weighted by molar-refractivity contribution is 7.11. The molecule has 1 amide bonds. The van der Waals surface area contributed by atoms with Crippen molar-refractivity contribution in [1.82, 2.24) is 19.9 Å². The van der Waals surface area contributed by atoms with Crippen LogP contribution < -0.4 is 4.90 Å². The first-order valence-corrected chi connectivity index (χ1v) is 10.7. The van der Waals surface area contributed by atoms with Gasteiger partial charge in [-0.15, -0.1) is 11.3 Å². The lowest BCUT2D eigenvalue weighted by molar-refractivity contribution is 0.0737. The maximum Gasteiger partial charge on any atom is 0.266 e. The largest absolute Gasteiger partial charge is 0.347 e. The van der Waals surface area contributed by atoms with E-state index < -0.39 is 0 Å². The molecule has 0 bridgehead atoms. The zero-order chi connectivity index (χ0) is 20.5. The van der Waals surface area contributed by atoms with Gasteiger partial charge >= 0.3 is 0 Å². The van der Waals surface area contributed by atoms with Crippen LogP contribution in [0.5, 0.6) is 0 Å². The lowest BCUT2D eigenvalue weighted by Gasteiger charge is -2.26. The number of nitrogens with zero attached hydrogens (tertiary/aromatic N) is 5. The van der Waals surface area contributed by atoms with E-state index in [1.165, 1.54) is 11.3 Å². The molecule has 1 aliphatic heterocycles. The lowest BCUT2D eigenvalue weighted by atomic mass is 9.99. The Labute approximate surface area is 179 Å². The topological polar surface area (TPSA) is 62.2 Å². The monoisotopic (exact) mass is 427 g/mol. The SMILES string of the molecule is Cc1ncsc1C(=O)N1CCC[C@H]1c1nc(N(C)C)ncc1-c1ccc(Cl)cc1. The van der Waals surface area contributed by atoms with Crippen LogP contribution in [0.3, 0.4) is 0 Å². The van der Waals surface area contributed by atoms with Crippen LogP contribution in [0.1, 0.15) is 39.9 Å². The molecule has 6 nitrogen and oxygen atoms in total. The van der Waals surface area contributed by atoms with E-state index in [-0.39, 0.29) is 11.9 Å². The first kappa shape index (κ1) is 19.8. The van der Waals surface area contributed by atoms with Gasteiger partial charge in [0.15, 0.2) is 0 Å². The van der Waals surface area contributed by atoms with Gasteiger partial charge in [0.1, 0.15) is 4.88 Å². The fraction of sp³-hybridized carbons (Fsp3) is 0.333. The number of aromatic nitrogens is 3. The normalized spacial score (nSPS) is 16.3. The molecule has 0 aliphatic carbocycles. The zero-order valence-corrected chi connectivity index (χ0v) is 18.2. The first-order chi connectivity index (χ1) is 14.0. The van der Waals surface area contributed by atoms with Crippen LogP contribution in [0, 0.1) is 6.92 Å². The molecule has 1 aromatic carbocycles. The molecular weight excluding hydrogens is 406 g/mol. The Morgan fingerprint density at radius 1 is 1.24 bits per heavy atom. The number of carbonyl (C=O) groups excluding carboxylic acids is 1. The van der Waals surface area contributed by atoms with Gasteiger partial charge in [0.2, 0.25) is 5.95 Å². The minimum atomic E-state index is -0.101. The summed E-state index contributed by atoms with van der Waals surface area (Å²) in [7, 11) is 3.83. The van der Waals surface area contributed by atoms with E-state index in [1.807, 2.05) is 61.3 Å². The summed E-state index contributed by atoms with van der Waals surface area (Å²) in [6, 6.07) is 7.55. The van der Waals surface area contributed by atoms with E-state index in [2.05, 4.69) is 9.97 Å². The van der Waals surface area contributed by atoms with Crippen LogP contribution in [-0.4, -0.2) is 46.4 Å². The number of anilines is 1. The van der Waals surface area contributed by atoms with Gasteiger partial charge in [0, 0.05) is 37.4 Å². The number of thiazole rings is 1. The quantitative estimate of drug-likeness (QED) is 0.608. The number of hydrogen-bond acceptors (Lipinski definition) is 6. The van der Waals surface area contributed by atoms with E-state index >= 15 is 0 Å². The van der Waals surface area contributed by atoms with Crippen LogP contribution in [0.2, 0.25) is 5.02 Å². The van der Waals surface area contributed by atoms with Crippen molar-refractivity contribution in [1.29, 1.82) is 0 Å². The van der Waals surface area contributed by atoms with Crippen LogP contribution >= 0.6 is 22.9 Å². The maximum atomic E-state index is 13.2. The van der Waals surface area contributed by atoms with Gasteiger partial charge in [-0.25, -0.2) is 15.0 Å². The minimum absolute atomic E-state index is 0.0274. The Hall–Kier alpha value is -2.51. The molecule has 3 heterocycles. The number of rotatable bonds is 4. The Morgan fingerprint density at radius 3 is 2.66 bits per heavy atom. The lowest BCUT2D eigenvalue weighted by Crippen LogP contribution is -2.31. The summed E-state index contributed by atoms with van der Waals surface area (Å²) >= 11 is 7.47. The summed E-state index contributed by atoms with van der Waals surface area (Å²) in [4.78, 5) is 31.4. The number of amides is 1. The molecule has 29 heavy (non-hydrogen) atoms. The van der Waals surface area contributed by atoms with Gasteiger partial charge in [-0.3, -0.25) is 4.79 Å². The second kappa shape index (κ2) is 8.08. The number of likely N-dealkylation sites (tertiary alicyclic amines) is 1. The number of carbonyl (C=O) groups is 1. The van der Waals surface area contributed by atoms with Crippen molar-refractivity contribution in [2.45, 2.75) is 25.8 Å². The van der Waals surface area contributed by atoms with Crippen molar-refractivity contribution in [2.75, 3.05) is 25.5 Å². The van der Waals surface area contributed by atoms with Gasteiger partial charge in [-0.05, 0) is 37.5 Å². The van der Waals surface area contributed by atoms with E-state index in [0.717, 1.165) is 35.4 Å². The standard InChI is InChI=1S/C21H22ClN5OS/c1-13-19(29-12-24-13)20(28)27-10-4-5-17(27)18-16(11-23-21(25-18)26(2)3)14-6-8-15(22)9-7-14/h6-9,11-12,17H,4-5,10H2,1-3H3/t17-/m0/s1. The fourth-order valence-corrected chi connectivity index (χ4v) is 4.52. The molecular formula is C21H22ClN5OS. The predicted molar refractivity (Wildman–Crippen MR) is 117 cm³/mol. The minimum Gasteiger partial charge on any atom is -0.347 e. The summed E-state index contributed by atoms with van der Waals surface area (Å²) in [6.45, 7) is 2.59. The molecule has 0 radical (unpaired) electrons. The van der Waals surface area contributed by atoms with Crippen molar-refractivity contribution in [2.24, 2.45) is 0 Å². The molecule has 8 heteroatoms. The molecule has 4 rings (SSSR count). The van der Waals surface area contributed by atoms with Gasteiger partial charge in [0.25, 0.3) is 5.91 Å². The average Bonchev–Trinajstić information content (AvgIpc) is 3.36. The van der Waals surface area contributed by atoms with Crippen LogP contribution in [0.15, 0.2) is 36.0 Å². The summed E-state index contributed by atoms with van der Waals surface area (Å²) in [5.74, 6) is 0.658. The van der Waals surface area contributed by atoms with E-state index in [4.69, 9.17) is 16.6 Å².